The maximum absolute atomic E-state index is 12.9. The van der Waals surface area contributed by atoms with Gasteiger partial charge in [-0.15, -0.1) is 0 Å². The lowest BCUT2D eigenvalue weighted by Gasteiger charge is -2.37. The second kappa shape index (κ2) is 8.41. The number of amides is 1. The summed E-state index contributed by atoms with van der Waals surface area (Å²) in [5.41, 5.74) is 1.78. The number of amidine groups is 1. The number of carbonyl (C=O) groups excluding carboxylic acids is 1. The molecule has 4 N–H and O–H groups in total. The van der Waals surface area contributed by atoms with E-state index in [4.69, 9.17) is 9.47 Å². The number of thioether (sulfide) groups is 1. The quantitative estimate of drug-likeness (QED) is 0.572. The maximum Gasteiger partial charge on any atom is 0.231 e. The number of fused-ring (bicyclic) bond motifs is 2. The molecule has 31 heavy (non-hydrogen) atoms. The SMILES string of the molecule is O=C(NCc1ccccc1)[C@@H]1C[C@@H](O)[C@H](O)[C@H]2N=C(Nc3ccc4c(c3)OCO4)S[C@@H]21. The van der Waals surface area contributed by atoms with Gasteiger partial charge in [-0.05, 0) is 24.1 Å². The lowest BCUT2D eigenvalue weighted by molar-refractivity contribution is -0.129. The van der Waals surface area contributed by atoms with Gasteiger partial charge in [0.25, 0.3) is 0 Å². The number of rotatable bonds is 4. The summed E-state index contributed by atoms with van der Waals surface area (Å²) in [5, 5.41) is 27.4. The highest BCUT2D eigenvalue weighted by Gasteiger charge is 2.50. The van der Waals surface area contributed by atoms with Gasteiger partial charge in [0.05, 0.1) is 18.1 Å². The predicted octanol–water partition coefficient (Wildman–Crippen LogP) is 1.73. The lowest BCUT2D eigenvalue weighted by Crippen LogP contribution is -2.53. The fourth-order valence-electron chi connectivity index (χ4n) is 4.12. The zero-order valence-corrected chi connectivity index (χ0v) is 17.4. The van der Waals surface area contributed by atoms with Crippen LogP contribution < -0.4 is 20.1 Å². The first-order valence-electron chi connectivity index (χ1n) is 10.2. The number of benzene rings is 2. The van der Waals surface area contributed by atoms with Crippen molar-refractivity contribution >= 4 is 28.5 Å². The molecule has 0 spiro atoms. The number of aliphatic hydroxyl groups is 2. The van der Waals surface area contributed by atoms with Crippen LogP contribution in [-0.4, -0.2) is 51.6 Å². The summed E-state index contributed by atoms with van der Waals surface area (Å²) < 4.78 is 10.7. The molecule has 1 amide bonds. The molecule has 2 aromatic carbocycles. The average molecular weight is 442 g/mol. The molecule has 0 saturated heterocycles. The first-order chi connectivity index (χ1) is 15.1. The van der Waals surface area contributed by atoms with E-state index in [-0.39, 0.29) is 24.4 Å². The minimum absolute atomic E-state index is 0.142. The van der Waals surface area contributed by atoms with Crippen molar-refractivity contribution in [3.8, 4) is 11.5 Å². The average Bonchev–Trinajstić information content (AvgIpc) is 3.42. The smallest absolute Gasteiger partial charge is 0.231 e. The molecule has 5 rings (SSSR count). The van der Waals surface area contributed by atoms with Crippen LogP contribution in [0.1, 0.15) is 12.0 Å². The Bertz CT molecular complexity index is 1000. The summed E-state index contributed by atoms with van der Waals surface area (Å²) in [5.74, 6) is 0.738. The van der Waals surface area contributed by atoms with Crippen LogP contribution >= 0.6 is 11.8 Å². The molecule has 2 heterocycles. The second-order valence-corrected chi connectivity index (χ2v) is 8.97. The highest BCUT2D eigenvalue weighted by atomic mass is 32.2. The summed E-state index contributed by atoms with van der Waals surface area (Å²) in [4.78, 5) is 17.5. The third-order valence-corrected chi connectivity index (χ3v) is 7.07. The van der Waals surface area contributed by atoms with Gasteiger partial charge in [0, 0.05) is 23.5 Å². The highest BCUT2D eigenvalue weighted by Crippen LogP contribution is 2.42. The molecule has 162 valence electrons. The summed E-state index contributed by atoms with van der Waals surface area (Å²) in [7, 11) is 0. The van der Waals surface area contributed by atoms with Crippen molar-refractivity contribution in [3.05, 3.63) is 54.1 Å². The number of hydrogen-bond donors (Lipinski definition) is 4. The van der Waals surface area contributed by atoms with E-state index in [9.17, 15) is 15.0 Å². The fraction of sp³-hybridized carbons (Fsp3) is 0.364. The van der Waals surface area contributed by atoms with Crippen LogP contribution in [0.25, 0.3) is 0 Å². The Morgan fingerprint density at radius 3 is 2.77 bits per heavy atom. The summed E-state index contributed by atoms with van der Waals surface area (Å²) in [6.45, 7) is 0.614. The number of hydrogen-bond acceptors (Lipinski definition) is 8. The van der Waals surface area contributed by atoms with Crippen LogP contribution in [0, 0.1) is 5.92 Å². The summed E-state index contributed by atoms with van der Waals surface area (Å²) in [6, 6.07) is 14.6. The molecule has 1 saturated carbocycles. The molecular weight excluding hydrogens is 418 g/mol. The largest absolute Gasteiger partial charge is 0.454 e. The monoisotopic (exact) mass is 441 g/mol. The zero-order chi connectivity index (χ0) is 21.4. The van der Waals surface area contributed by atoms with E-state index in [1.165, 1.54) is 11.8 Å². The number of nitrogens with one attached hydrogen (secondary N) is 2. The second-order valence-electron chi connectivity index (χ2n) is 7.80. The Morgan fingerprint density at radius 2 is 1.94 bits per heavy atom. The normalized spacial score (nSPS) is 28.6. The van der Waals surface area contributed by atoms with Crippen LogP contribution in [-0.2, 0) is 11.3 Å². The molecule has 0 unspecified atom stereocenters. The van der Waals surface area contributed by atoms with Gasteiger partial charge in [-0.1, -0.05) is 42.1 Å². The molecule has 9 heteroatoms. The van der Waals surface area contributed by atoms with E-state index >= 15 is 0 Å². The number of anilines is 1. The van der Waals surface area contributed by atoms with E-state index < -0.39 is 24.2 Å². The van der Waals surface area contributed by atoms with Gasteiger partial charge in [-0.2, -0.15) is 0 Å². The Balaban J connectivity index is 1.28. The van der Waals surface area contributed by atoms with E-state index in [0.29, 0.717) is 23.2 Å². The zero-order valence-electron chi connectivity index (χ0n) is 16.6. The Labute approximate surface area is 183 Å². The Kier molecular flexibility index (Phi) is 5.47. The van der Waals surface area contributed by atoms with Crippen LogP contribution in [0.3, 0.4) is 0 Å². The molecule has 2 aliphatic heterocycles. The molecule has 3 aliphatic rings. The number of nitrogens with zero attached hydrogens (tertiary/aromatic N) is 1. The molecular formula is C22H23N3O5S. The van der Waals surface area contributed by atoms with Gasteiger partial charge in [-0.25, -0.2) is 0 Å². The van der Waals surface area contributed by atoms with Crippen molar-refractivity contribution in [2.75, 3.05) is 12.1 Å². The fourth-order valence-corrected chi connectivity index (χ4v) is 5.50. The molecule has 2 aromatic rings. The highest BCUT2D eigenvalue weighted by molar-refractivity contribution is 8.15. The van der Waals surface area contributed by atoms with Crippen LogP contribution in [0.5, 0.6) is 11.5 Å². The third-order valence-electron chi connectivity index (χ3n) is 5.76. The standard InChI is InChI=1S/C22H23N3O5S/c26-15-9-14(21(28)23-10-12-4-2-1-3-5-12)20-18(19(15)27)25-22(31-20)24-13-6-7-16-17(8-13)30-11-29-16/h1-8,14-15,18-20,26-27H,9-11H2,(H,23,28)(H,24,25)/t14-,15-,18-,19+,20-/m1/s1. The number of ether oxygens (including phenoxy) is 2. The molecule has 1 aliphatic carbocycles. The summed E-state index contributed by atoms with van der Waals surface area (Å²) >= 11 is 1.42. The van der Waals surface area contributed by atoms with E-state index in [1.807, 2.05) is 48.5 Å². The maximum atomic E-state index is 12.9. The molecule has 5 atom stereocenters. The number of aliphatic imine (C=N–C) groups is 1. The van der Waals surface area contributed by atoms with E-state index in [0.717, 1.165) is 11.3 Å². The van der Waals surface area contributed by atoms with Crippen LogP contribution in [0.4, 0.5) is 5.69 Å². The molecule has 8 nitrogen and oxygen atoms in total. The number of carbonyl (C=O) groups is 1. The van der Waals surface area contributed by atoms with Crippen molar-refractivity contribution in [1.82, 2.24) is 5.32 Å². The van der Waals surface area contributed by atoms with Crippen molar-refractivity contribution in [1.29, 1.82) is 0 Å². The predicted molar refractivity (Wildman–Crippen MR) is 117 cm³/mol. The molecule has 1 fully saturated rings. The molecule has 0 radical (unpaired) electrons. The van der Waals surface area contributed by atoms with Crippen molar-refractivity contribution in [3.63, 3.8) is 0 Å². The molecule has 0 bridgehead atoms. The van der Waals surface area contributed by atoms with Gasteiger partial charge in [0.1, 0.15) is 6.10 Å². The topological polar surface area (TPSA) is 112 Å². The Hall–Kier alpha value is -2.75. The van der Waals surface area contributed by atoms with Gasteiger partial charge >= 0.3 is 0 Å². The minimum Gasteiger partial charge on any atom is -0.454 e. The molecule has 0 aromatic heterocycles. The van der Waals surface area contributed by atoms with Crippen LogP contribution in [0.2, 0.25) is 0 Å². The van der Waals surface area contributed by atoms with Crippen molar-refractivity contribution in [2.24, 2.45) is 10.9 Å². The Morgan fingerprint density at radius 1 is 1.13 bits per heavy atom. The van der Waals surface area contributed by atoms with Gasteiger partial charge in [0.2, 0.25) is 12.7 Å². The van der Waals surface area contributed by atoms with E-state index in [1.54, 1.807) is 0 Å². The third kappa shape index (κ3) is 4.08. The first-order valence-corrected chi connectivity index (χ1v) is 11.1. The lowest BCUT2D eigenvalue weighted by atomic mass is 9.81. The number of aliphatic hydroxyl groups excluding tert-OH is 2. The minimum atomic E-state index is -1.01. The van der Waals surface area contributed by atoms with E-state index in [2.05, 4.69) is 15.6 Å². The van der Waals surface area contributed by atoms with Crippen molar-refractivity contribution in [2.45, 2.75) is 36.5 Å². The van der Waals surface area contributed by atoms with Crippen molar-refractivity contribution < 1.29 is 24.5 Å². The summed E-state index contributed by atoms with van der Waals surface area (Å²) in [6.07, 6.45) is -1.81. The van der Waals surface area contributed by atoms with Gasteiger partial charge in [-0.3, -0.25) is 9.79 Å². The van der Waals surface area contributed by atoms with Crippen LogP contribution in [0.15, 0.2) is 53.5 Å². The van der Waals surface area contributed by atoms with Gasteiger partial charge in [0.15, 0.2) is 16.7 Å². The van der Waals surface area contributed by atoms with Gasteiger partial charge < -0.3 is 30.3 Å². The first kappa shape index (κ1) is 20.2.